The predicted octanol–water partition coefficient (Wildman–Crippen LogP) is 2.95. The SMILES string of the molecule is COC(=O)CC(=O)CCN(Cc1ccccc1)C(=O)OC(C)(C)C. The van der Waals surface area contributed by atoms with Crippen LogP contribution >= 0.6 is 0 Å². The fourth-order valence-electron chi connectivity index (χ4n) is 1.95. The first-order chi connectivity index (χ1) is 11.2. The summed E-state index contributed by atoms with van der Waals surface area (Å²) in [7, 11) is 1.23. The van der Waals surface area contributed by atoms with Crippen molar-refractivity contribution >= 4 is 17.8 Å². The maximum Gasteiger partial charge on any atom is 0.410 e. The Balaban J connectivity index is 2.72. The van der Waals surface area contributed by atoms with Gasteiger partial charge in [-0.25, -0.2) is 4.79 Å². The standard InChI is InChI=1S/C18H25NO5/c1-18(2,3)24-17(22)19(13-14-8-6-5-7-9-14)11-10-15(20)12-16(21)23-4/h5-9H,10-13H2,1-4H3. The first-order valence-electron chi connectivity index (χ1n) is 7.81. The van der Waals surface area contributed by atoms with Gasteiger partial charge in [-0.15, -0.1) is 0 Å². The lowest BCUT2D eigenvalue weighted by Crippen LogP contribution is -2.37. The molecular formula is C18H25NO5. The molecule has 0 bridgehead atoms. The molecule has 0 aliphatic heterocycles. The maximum atomic E-state index is 12.4. The molecule has 0 spiro atoms. The number of carbonyl (C=O) groups is 3. The minimum atomic E-state index is -0.623. The Morgan fingerprint density at radius 2 is 1.71 bits per heavy atom. The van der Waals surface area contributed by atoms with Crippen LogP contribution in [0.3, 0.4) is 0 Å². The fraction of sp³-hybridized carbons (Fsp3) is 0.500. The Hall–Kier alpha value is -2.37. The van der Waals surface area contributed by atoms with Crippen molar-refractivity contribution in [2.75, 3.05) is 13.7 Å². The summed E-state index contributed by atoms with van der Waals surface area (Å²) >= 11 is 0. The van der Waals surface area contributed by atoms with Gasteiger partial charge in [-0.1, -0.05) is 30.3 Å². The number of amides is 1. The lowest BCUT2D eigenvalue weighted by atomic mass is 10.1. The molecule has 0 heterocycles. The van der Waals surface area contributed by atoms with Crippen LogP contribution in [0.1, 0.15) is 39.2 Å². The van der Waals surface area contributed by atoms with Crippen molar-refractivity contribution in [1.82, 2.24) is 4.90 Å². The molecule has 1 amide bonds. The molecule has 0 aliphatic carbocycles. The molecule has 0 saturated carbocycles. The summed E-state index contributed by atoms with van der Waals surface area (Å²) < 4.78 is 9.86. The molecule has 0 saturated heterocycles. The van der Waals surface area contributed by atoms with Crippen molar-refractivity contribution in [2.24, 2.45) is 0 Å². The van der Waals surface area contributed by atoms with Crippen LogP contribution in [0, 0.1) is 0 Å². The van der Waals surface area contributed by atoms with Crippen LogP contribution in [0.4, 0.5) is 4.79 Å². The molecule has 0 atom stereocenters. The van der Waals surface area contributed by atoms with Crippen LogP contribution in [0.2, 0.25) is 0 Å². The fourth-order valence-corrected chi connectivity index (χ4v) is 1.95. The van der Waals surface area contributed by atoms with Gasteiger partial charge in [0.15, 0.2) is 0 Å². The smallest absolute Gasteiger partial charge is 0.410 e. The third-order valence-electron chi connectivity index (χ3n) is 3.10. The first-order valence-corrected chi connectivity index (χ1v) is 7.81. The lowest BCUT2D eigenvalue weighted by Gasteiger charge is -2.27. The highest BCUT2D eigenvalue weighted by atomic mass is 16.6. The third kappa shape index (κ3) is 7.76. The van der Waals surface area contributed by atoms with Crippen LogP contribution in [-0.2, 0) is 25.6 Å². The van der Waals surface area contributed by atoms with E-state index in [0.29, 0.717) is 6.54 Å². The normalized spacial score (nSPS) is 10.8. The van der Waals surface area contributed by atoms with E-state index in [0.717, 1.165) is 5.56 Å². The maximum absolute atomic E-state index is 12.4. The molecule has 0 aliphatic rings. The Morgan fingerprint density at radius 3 is 2.25 bits per heavy atom. The minimum Gasteiger partial charge on any atom is -0.469 e. The molecule has 1 aromatic carbocycles. The molecule has 6 heteroatoms. The van der Waals surface area contributed by atoms with Gasteiger partial charge >= 0.3 is 12.1 Å². The summed E-state index contributed by atoms with van der Waals surface area (Å²) in [5, 5.41) is 0. The summed E-state index contributed by atoms with van der Waals surface area (Å²) in [6.07, 6.45) is -0.706. The molecule has 1 aromatic rings. The van der Waals surface area contributed by atoms with Gasteiger partial charge in [-0.2, -0.15) is 0 Å². The van der Waals surface area contributed by atoms with E-state index in [1.807, 2.05) is 30.3 Å². The van der Waals surface area contributed by atoms with Crippen molar-refractivity contribution in [3.8, 4) is 0 Å². The first kappa shape index (κ1) is 19.7. The van der Waals surface area contributed by atoms with Gasteiger partial charge in [0.1, 0.15) is 17.8 Å². The van der Waals surface area contributed by atoms with Gasteiger partial charge in [0.05, 0.1) is 7.11 Å². The molecule has 6 nitrogen and oxygen atoms in total. The van der Waals surface area contributed by atoms with Crippen molar-refractivity contribution in [2.45, 2.75) is 45.8 Å². The van der Waals surface area contributed by atoms with Crippen molar-refractivity contribution in [3.05, 3.63) is 35.9 Å². The lowest BCUT2D eigenvalue weighted by molar-refractivity contribution is -0.143. The number of benzene rings is 1. The number of esters is 1. The van der Waals surface area contributed by atoms with Crippen molar-refractivity contribution in [3.63, 3.8) is 0 Å². The van der Waals surface area contributed by atoms with E-state index in [9.17, 15) is 14.4 Å². The minimum absolute atomic E-state index is 0.0706. The average molecular weight is 335 g/mol. The molecule has 24 heavy (non-hydrogen) atoms. The van der Waals surface area contributed by atoms with Gasteiger partial charge < -0.3 is 14.4 Å². The zero-order valence-electron chi connectivity index (χ0n) is 14.7. The number of hydrogen-bond acceptors (Lipinski definition) is 5. The van der Waals surface area contributed by atoms with Crippen LogP contribution in [0.5, 0.6) is 0 Å². The van der Waals surface area contributed by atoms with Crippen molar-refractivity contribution in [1.29, 1.82) is 0 Å². The quantitative estimate of drug-likeness (QED) is 0.566. The number of nitrogens with zero attached hydrogens (tertiary/aromatic N) is 1. The summed E-state index contributed by atoms with van der Waals surface area (Å²) in [6.45, 7) is 5.87. The highest BCUT2D eigenvalue weighted by Gasteiger charge is 2.23. The van der Waals surface area contributed by atoms with Gasteiger partial charge in [-0.3, -0.25) is 9.59 Å². The molecule has 132 valence electrons. The molecule has 0 aromatic heterocycles. The number of rotatable bonds is 7. The largest absolute Gasteiger partial charge is 0.469 e. The number of hydrogen-bond donors (Lipinski definition) is 0. The molecule has 1 rings (SSSR count). The van der Waals surface area contributed by atoms with Gasteiger partial charge in [0, 0.05) is 19.5 Å². The van der Waals surface area contributed by atoms with Gasteiger partial charge in [0.25, 0.3) is 0 Å². The monoisotopic (exact) mass is 335 g/mol. The molecule has 0 fully saturated rings. The number of ether oxygens (including phenoxy) is 2. The zero-order chi connectivity index (χ0) is 18.2. The second kappa shape index (κ2) is 9.05. The van der Waals surface area contributed by atoms with E-state index in [1.165, 1.54) is 12.0 Å². The van der Waals surface area contributed by atoms with Crippen LogP contribution in [-0.4, -0.2) is 42.0 Å². The molecule has 0 N–H and O–H groups in total. The Bertz CT molecular complexity index is 563. The number of methoxy groups -OCH3 is 1. The van der Waals surface area contributed by atoms with Crippen molar-refractivity contribution < 1.29 is 23.9 Å². The van der Waals surface area contributed by atoms with E-state index in [1.54, 1.807) is 20.8 Å². The Kier molecular flexibility index (Phi) is 7.42. The Morgan fingerprint density at radius 1 is 1.08 bits per heavy atom. The number of carbonyl (C=O) groups excluding carboxylic acids is 3. The molecule has 0 radical (unpaired) electrons. The van der Waals surface area contributed by atoms with Gasteiger partial charge in [0.2, 0.25) is 0 Å². The van der Waals surface area contributed by atoms with Crippen LogP contribution < -0.4 is 0 Å². The second-order valence-corrected chi connectivity index (χ2v) is 6.43. The van der Waals surface area contributed by atoms with E-state index >= 15 is 0 Å². The summed E-state index contributed by atoms with van der Waals surface area (Å²) in [4.78, 5) is 36.8. The highest BCUT2D eigenvalue weighted by molar-refractivity contribution is 5.95. The van der Waals surface area contributed by atoms with E-state index in [4.69, 9.17) is 4.74 Å². The third-order valence-corrected chi connectivity index (χ3v) is 3.10. The number of ketones is 1. The summed E-state index contributed by atoms with van der Waals surface area (Å²) in [5.74, 6) is -0.852. The van der Waals surface area contributed by atoms with E-state index < -0.39 is 17.7 Å². The number of Topliss-reactive ketones (excluding diaryl/α,β-unsaturated/α-hetero) is 1. The average Bonchev–Trinajstić information content (AvgIpc) is 2.50. The van der Waals surface area contributed by atoms with E-state index in [2.05, 4.69) is 4.74 Å². The topological polar surface area (TPSA) is 72.9 Å². The molecule has 0 unspecified atom stereocenters. The predicted molar refractivity (Wildman–Crippen MR) is 89.3 cm³/mol. The zero-order valence-corrected chi connectivity index (χ0v) is 14.7. The highest BCUT2D eigenvalue weighted by Crippen LogP contribution is 2.13. The second-order valence-electron chi connectivity index (χ2n) is 6.43. The summed E-state index contributed by atoms with van der Waals surface area (Å²) in [5.41, 5.74) is 0.311. The van der Waals surface area contributed by atoms with Crippen LogP contribution in [0.25, 0.3) is 0 Å². The summed E-state index contributed by atoms with van der Waals surface area (Å²) in [6, 6.07) is 9.44. The van der Waals surface area contributed by atoms with Crippen LogP contribution in [0.15, 0.2) is 30.3 Å². The van der Waals surface area contributed by atoms with E-state index in [-0.39, 0.29) is 25.2 Å². The molecular weight excluding hydrogens is 310 g/mol. The Labute approximate surface area is 142 Å². The van der Waals surface area contributed by atoms with Gasteiger partial charge in [-0.05, 0) is 26.3 Å².